The fourth-order valence-electron chi connectivity index (χ4n) is 2.68. The van der Waals surface area contributed by atoms with Crippen LogP contribution in [0.4, 0.5) is 0 Å². The van der Waals surface area contributed by atoms with Gasteiger partial charge >= 0.3 is 5.97 Å². The summed E-state index contributed by atoms with van der Waals surface area (Å²) in [5.41, 5.74) is 0.429. The van der Waals surface area contributed by atoms with E-state index in [1.165, 1.54) is 12.0 Å². The van der Waals surface area contributed by atoms with Crippen molar-refractivity contribution in [2.45, 2.75) is 38.9 Å². The van der Waals surface area contributed by atoms with Crippen LogP contribution < -0.4 is 9.47 Å². The number of amides is 1. The maximum Gasteiger partial charge on any atom is 0.334 e. The molecular formula is C18H25NO6. The topological polar surface area (TPSA) is 85.3 Å². The smallest absolute Gasteiger partial charge is 0.334 e. The lowest BCUT2D eigenvalue weighted by atomic mass is 10.1. The van der Waals surface area contributed by atoms with Gasteiger partial charge in [-0.15, -0.1) is 0 Å². The molecule has 1 fully saturated rings. The number of aliphatic carboxylic acids is 1. The molecular weight excluding hydrogens is 326 g/mol. The van der Waals surface area contributed by atoms with Gasteiger partial charge in [-0.05, 0) is 31.5 Å². The molecule has 0 spiro atoms. The molecule has 0 bridgehead atoms. The molecule has 1 N–H and O–H groups in total. The lowest BCUT2D eigenvalue weighted by Crippen LogP contribution is -2.51. The molecule has 2 rings (SSSR count). The number of rotatable bonds is 7. The number of nitrogens with zero attached hydrogens (tertiary/aromatic N) is 1. The maximum atomic E-state index is 12.7. The fourth-order valence-corrected chi connectivity index (χ4v) is 2.68. The van der Waals surface area contributed by atoms with E-state index in [9.17, 15) is 9.59 Å². The number of hydrogen-bond donors (Lipinski definition) is 1. The maximum absolute atomic E-state index is 12.7. The summed E-state index contributed by atoms with van der Waals surface area (Å²) in [5.74, 6) is -0.245. The normalized spacial score (nSPS) is 20.2. The van der Waals surface area contributed by atoms with E-state index in [0.29, 0.717) is 30.2 Å². The summed E-state index contributed by atoms with van der Waals surface area (Å²) in [5, 5.41) is 9.15. The van der Waals surface area contributed by atoms with Gasteiger partial charge in [0.1, 0.15) is 0 Å². The van der Waals surface area contributed by atoms with E-state index in [1.807, 2.05) is 0 Å². The van der Waals surface area contributed by atoms with Crippen LogP contribution in [0.15, 0.2) is 18.2 Å². The second-order valence-corrected chi connectivity index (χ2v) is 6.05. The van der Waals surface area contributed by atoms with Gasteiger partial charge in [-0.1, -0.05) is 13.3 Å². The number of hydrogen-bond acceptors (Lipinski definition) is 5. The van der Waals surface area contributed by atoms with Gasteiger partial charge in [0.15, 0.2) is 17.6 Å². The van der Waals surface area contributed by atoms with Gasteiger partial charge in [0.25, 0.3) is 5.91 Å². The van der Waals surface area contributed by atoms with Crippen LogP contribution in [0.3, 0.4) is 0 Å². The highest BCUT2D eigenvalue weighted by atomic mass is 16.5. The quantitative estimate of drug-likeness (QED) is 0.758. The average molecular weight is 351 g/mol. The highest BCUT2D eigenvalue weighted by Gasteiger charge is 2.33. The average Bonchev–Trinajstić information content (AvgIpc) is 2.60. The number of carbonyl (C=O) groups is 2. The van der Waals surface area contributed by atoms with E-state index < -0.39 is 12.1 Å². The SMILES string of the molecule is CCCCOc1ccc(C(=O)N2CC(C(=O)O)O[C@H](C)C2)cc1OC. The largest absolute Gasteiger partial charge is 0.493 e. The Balaban J connectivity index is 2.14. The summed E-state index contributed by atoms with van der Waals surface area (Å²) < 4.78 is 16.3. The van der Waals surface area contributed by atoms with Crippen molar-refractivity contribution in [3.8, 4) is 11.5 Å². The Kier molecular flexibility index (Phi) is 6.64. The van der Waals surface area contributed by atoms with E-state index in [-0.39, 0.29) is 18.6 Å². The van der Waals surface area contributed by atoms with E-state index in [2.05, 4.69) is 6.92 Å². The minimum absolute atomic E-state index is 0.0234. The van der Waals surface area contributed by atoms with Crippen molar-refractivity contribution in [2.24, 2.45) is 0 Å². The number of benzene rings is 1. The zero-order chi connectivity index (χ0) is 18.4. The molecule has 1 aromatic carbocycles. The van der Waals surface area contributed by atoms with Gasteiger partial charge in [0.2, 0.25) is 0 Å². The number of methoxy groups -OCH3 is 1. The van der Waals surface area contributed by atoms with Crippen LogP contribution in [0.25, 0.3) is 0 Å². The van der Waals surface area contributed by atoms with E-state index >= 15 is 0 Å². The van der Waals surface area contributed by atoms with Gasteiger partial charge in [0.05, 0.1) is 26.4 Å². The third-order valence-corrected chi connectivity index (χ3v) is 3.99. The molecule has 1 amide bonds. The Labute approximate surface area is 147 Å². The van der Waals surface area contributed by atoms with E-state index in [0.717, 1.165) is 12.8 Å². The Bertz CT molecular complexity index is 618. The highest BCUT2D eigenvalue weighted by Crippen LogP contribution is 2.29. The Morgan fingerprint density at radius 1 is 1.32 bits per heavy atom. The predicted molar refractivity (Wildman–Crippen MR) is 91.3 cm³/mol. The summed E-state index contributed by atoms with van der Waals surface area (Å²) in [6.07, 6.45) is 0.619. The lowest BCUT2D eigenvalue weighted by Gasteiger charge is -2.35. The molecule has 0 aliphatic carbocycles. The molecule has 1 heterocycles. The standard InChI is InChI=1S/C18H25NO6/c1-4-5-8-24-14-7-6-13(9-15(14)23-3)17(20)19-10-12(2)25-16(11-19)18(21)22/h6-7,9,12,16H,4-5,8,10-11H2,1-3H3,(H,21,22)/t12-,16?/m1/s1. The van der Waals surface area contributed by atoms with Gasteiger partial charge in [0, 0.05) is 12.1 Å². The van der Waals surface area contributed by atoms with Crippen LogP contribution in [0, 0.1) is 0 Å². The molecule has 7 heteroatoms. The zero-order valence-electron chi connectivity index (χ0n) is 14.9. The number of unbranched alkanes of at least 4 members (excludes halogenated alkanes) is 1. The molecule has 1 aliphatic rings. The summed E-state index contributed by atoms with van der Waals surface area (Å²) in [7, 11) is 1.52. The first-order valence-electron chi connectivity index (χ1n) is 8.44. The Hall–Kier alpha value is -2.28. The summed E-state index contributed by atoms with van der Waals surface area (Å²) >= 11 is 0. The van der Waals surface area contributed by atoms with Crippen LogP contribution in [0.1, 0.15) is 37.0 Å². The number of carbonyl (C=O) groups excluding carboxylic acids is 1. The predicted octanol–water partition coefficient (Wildman–Crippen LogP) is 2.19. The minimum atomic E-state index is -1.07. The Morgan fingerprint density at radius 3 is 2.72 bits per heavy atom. The summed E-state index contributed by atoms with van der Waals surface area (Å²) in [6.45, 7) is 4.79. The van der Waals surface area contributed by atoms with Crippen LogP contribution >= 0.6 is 0 Å². The molecule has 1 saturated heterocycles. The van der Waals surface area contributed by atoms with Crippen molar-refractivity contribution in [3.63, 3.8) is 0 Å². The van der Waals surface area contributed by atoms with Gasteiger partial charge < -0.3 is 24.2 Å². The monoisotopic (exact) mass is 351 g/mol. The van der Waals surface area contributed by atoms with E-state index in [1.54, 1.807) is 25.1 Å². The molecule has 138 valence electrons. The molecule has 1 unspecified atom stereocenters. The van der Waals surface area contributed by atoms with Crippen LogP contribution in [0.5, 0.6) is 11.5 Å². The number of carboxylic acid groups (broad SMARTS) is 1. The van der Waals surface area contributed by atoms with Crippen LogP contribution in [-0.4, -0.2) is 60.9 Å². The second-order valence-electron chi connectivity index (χ2n) is 6.05. The molecule has 7 nitrogen and oxygen atoms in total. The van der Waals surface area contributed by atoms with Crippen LogP contribution in [-0.2, 0) is 9.53 Å². The number of carboxylic acids is 1. The summed E-state index contributed by atoms with van der Waals surface area (Å²) in [4.78, 5) is 25.4. The number of morpholine rings is 1. The molecule has 0 saturated carbocycles. The first kappa shape index (κ1) is 19.1. The molecule has 1 aliphatic heterocycles. The fraction of sp³-hybridized carbons (Fsp3) is 0.556. The van der Waals surface area contributed by atoms with Gasteiger partial charge in [-0.3, -0.25) is 4.79 Å². The molecule has 0 radical (unpaired) electrons. The minimum Gasteiger partial charge on any atom is -0.493 e. The van der Waals surface area contributed by atoms with Gasteiger partial charge in [-0.25, -0.2) is 4.79 Å². The molecule has 0 aromatic heterocycles. The molecule has 1 aromatic rings. The Morgan fingerprint density at radius 2 is 2.08 bits per heavy atom. The second kappa shape index (κ2) is 8.71. The summed E-state index contributed by atoms with van der Waals surface area (Å²) in [6, 6.07) is 5.00. The first-order valence-corrected chi connectivity index (χ1v) is 8.44. The van der Waals surface area contributed by atoms with Crippen molar-refractivity contribution in [2.75, 3.05) is 26.8 Å². The van der Waals surface area contributed by atoms with Crippen molar-refractivity contribution in [3.05, 3.63) is 23.8 Å². The third kappa shape index (κ3) is 4.85. The molecule has 2 atom stereocenters. The van der Waals surface area contributed by atoms with Crippen molar-refractivity contribution in [1.82, 2.24) is 4.90 Å². The highest BCUT2D eigenvalue weighted by molar-refractivity contribution is 5.95. The molecule has 25 heavy (non-hydrogen) atoms. The number of ether oxygens (including phenoxy) is 3. The zero-order valence-corrected chi connectivity index (χ0v) is 14.9. The van der Waals surface area contributed by atoms with Crippen molar-refractivity contribution in [1.29, 1.82) is 0 Å². The third-order valence-electron chi connectivity index (χ3n) is 3.99. The first-order chi connectivity index (χ1) is 12.0. The van der Waals surface area contributed by atoms with Crippen molar-refractivity contribution < 1.29 is 28.9 Å². The van der Waals surface area contributed by atoms with Gasteiger partial charge in [-0.2, -0.15) is 0 Å². The van der Waals surface area contributed by atoms with Crippen LogP contribution in [0.2, 0.25) is 0 Å². The lowest BCUT2D eigenvalue weighted by molar-refractivity contribution is -0.160. The van der Waals surface area contributed by atoms with E-state index in [4.69, 9.17) is 19.3 Å². The van der Waals surface area contributed by atoms with Crippen molar-refractivity contribution >= 4 is 11.9 Å².